The molecule has 0 radical (unpaired) electrons. The molecule has 3 nitrogen and oxygen atoms in total. The summed E-state index contributed by atoms with van der Waals surface area (Å²) >= 11 is 0. The van der Waals surface area contributed by atoms with Crippen LogP contribution in [-0.4, -0.2) is 24.8 Å². The first-order chi connectivity index (χ1) is 10.2. The summed E-state index contributed by atoms with van der Waals surface area (Å²) in [6, 6.07) is 0. The van der Waals surface area contributed by atoms with Gasteiger partial charge >= 0.3 is 5.97 Å². The van der Waals surface area contributed by atoms with Gasteiger partial charge in [0, 0.05) is 6.61 Å². The van der Waals surface area contributed by atoms with Gasteiger partial charge in [-0.05, 0) is 45.4 Å². The third-order valence-corrected chi connectivity index (χ3v) is 3.91. The molecule has 0 aromatic carbocycles. The highest BCUT2D eigenvalue weighted by atomic mass is 16.6. The fraction of sp³-hybridized carbons (Fsp3) is 0.722. The highest BCUT2D eigenvalue weighted by molar-refractivity contribution is 5.72. The van der Waals surface area contributed by atoms with Gasteiger partial charge in [0.1, 0.15) is 6.10 Å². The van der Waals surface area contributed by atoms with E-state index in [-0.39, 0.29) is 24.1 Å². The smallest absolute Gasteiger partial charge is 0.309 e. The summed E-state index contributed by atoms with van der Waals surface area (Å²) in [4.78, 5) is 12.0. The van der Waals surface area contributed by atoms with Crippen molar-refractivity contribution < 1.29 is 14.3 Å². The maximum Gasteiger partial charge on any atom is 0.309 e. The monoisotopic (exact) mass is 294 g/mol. The van der Waals surface area contributed by atoms with Crippen LogP contribution < -0.4 is 0 Å². The number of rotatable bonds is 9. The predicted molar refractivity (Wildman–Crippen MR) is 86.1 cm³/mol. The molecular formula is C18H30O3. The van der Waals surface area contributed by atoms with Crippen LogP contribution in [0.2, 0.25) is 0 Å². The van der Waals surface area contributed by atoms with Crippen molar-refractivity contribution in [1.82, 2.24) is 0 Å². The minimum Gasteiger partial charge on any atom is -0.459 e. The van der Waals surface area contributed by atoms with Gasteiger partial charge in [0.2, 0.25) is 0 Å². The van der Waals surface area contributed by atoms with Crippen LogP contribution in [-0.2, 0) is 14.3 Å². The third kappa shape index (κ3) is 6.94. The Morgan fingerprint density at radius 1 is 1.33 bits per heavy atom. The summed E-state index contributed by atoms with van der Waals surface area (Å²) in [5.41, 5.74) is 0. The Balaban J connectivity index is 2.38. The van der Waals surface area contributed by atoms with E-state index in [1.54, 1.807) is 6.08 Å². The number of carbonyl (C=O) groups is 1. The van der Waals surface area contributed by atoms with E-state index in [1.807, 2.05) is 13.8 Å². The maximum atomic E-state index is 12.0. The normalized spacial score (nSPS) is 23.9. The van der Waals surface area contributed by atoms with E-state index >= 15 is 0 Å². The Morgan fingerprint density at radius 2 is 2.05 bits per heavy atom. The van der Waals surface area contributed by atoms with E-state index in [1.165, 1.54) is 0 Å². The van der Waals surface area contributed by atoms with Gasteiger partial charge in [-0.25, -0.2) is 0 Å². The second kappa shape index (κ2) is 10.6. The maximum absolute atomic E-state index is 12.0. The summed E-state index contributed by atoms with van der Waals surface area (Å²) < 4.78 is 11.6. The Labute approximate surface area is 129 Å². The quantitative estimate of drug-likeness (QED) is 0.358. The Hall–Kier alpha value is -1.09. The lowest BCUT2D eigenvalue weighted by atomic mass is 9.94. The number of hydrogen-bond donors (Lipinski definition) is 0. The molecule has 1 saturated carbocycles. The van der Waals surface area contributed by atoms with Crippen LogP contribution in [0.5, 0.6) is 0 Å². The first kappa shape index (κ1) is 18.0. The lowest BCUT2D eigenvalue weighted by molar-refractivity contribution is -0.165. The second-order valence-electron chi connectivity index (χ2n) is 5.81. The minimum absolute atomic E-state index is 0.0692. The van der Waals surface area contributed by atoms with E-state index < -0.39 is 0 Å². The lowest BCUT2D eigenvalue weighted by Gasteiger charge is -2.31. The molecule has 0 amide bonds. The number of unbranched alkanes of at least 4 members (excludes halogenated alkanes) is 1. The van der Waals surface area contributed by atoms with Crippen LogP contribution in [0.3, 0.4) is 0 Å². The molecule has 3 heteroatoms. The van der Waals surface area contributed by atoms with Crippen LogP contribution >= 0.6 is 0 Å². The van der Waals surface area contributed by atoms with Crippen molar-refractivity contribution in [3.8, 4) is 0 Å². The number of ether oxygens (including phenoxy) is 2. The zero-order chi connectivity index (χ0) is 15.5. The van der Waals surface area contributed by atoms with Crippen molar-refractivity contribution in [3.63, 3.8) is 0 Å². The number of allylic oxidation sites excluding steroid dienone is 3. The van der Waals surface area contributed by atoms with Crippen molar-refractivity contribution in [2.45, 2.75) is 71.0 Å². The Kier molecular flexibility index (Phi) is 9.07. The van der Waals surface area contributed by atoms with Gasteiger partial charge < -0.3 is 9.47 Å². The van der Waals surface area contributed by atoms with E-state index in [2.05, 4.69) is 18.7 Å². The molecule has 0 spiro atoms. The van der Waals surface area contributed by atoms with Gasteiger partial charge in [0.25, 0.3) is 0 Å². The highest BCUT2D eigenvalue weighted by Crippen LogP contribution is 2.25. The topological polar surface area (TPSA) is 35.5 Å². The molecule has 1 aliphatic rings. The zero-order valence-electron chi connectivity index (χ0n) is 13.6. The third-order valence-electron chi connectivity index (χ3n) is 3.91. The molecule has 0 aromatic heterocycles. The van der Waals surface area contributed by atoms with E-state index in [0.717, 1.165) is 45.1 Å². The summed E-state index contributed by atoms with van der Waals surface area (Å²) in [6.07, 6.45) is 12.9. The predicted octanol–water partition coefficient (Wildman–Crippen LogP) is 4.43. The molecule has 3 unspecified atom stereocenters. The molecule has 0 saturated heterocycles. The van der Waals surface area contributed by atoms with Gasteiger partial charge in [-0.2, -0.15) is 0 Å². The van der Waals surface area contributed by atoms with Crippen molar-refractivity contribution in [2.24, 2.45) is 5.92 Å². The van der Waals surface area contributed by atoms with Gasteiger partial charge in [-0.15, -0.1) is 6.58 Å². The van der Waals surface area contributed by atoms with Crippen molar-refractivity contribution in [2.75, 3.05) is 6.61 Å². The van der Waals surface area contributed by atoms with Gasteiger partial charge in [0.05, 0.1) is 12.0 Å². The number of carbonyl (C=O) groups excluding carboxylic acids is 1. The van der Waals surface area contributed by atoms with Crippen LogP contribution in [0.4, 0.5) is 0 Å². The molecule has 3 atom stereocenters. The summed E-state index contributed by atoms with van der Waals surface area (Å²) in [5, 5.41) is 0. The molecule has 21 heavy (non-hydrogen) atoms. The average molecular weight is 294 g/mol. The first-order valence-electron chi connectivity index (χ1n) is 8.23. The average Bonchev–Trinajstić information content (AvgIpc) is 2.49. The molecular weight excluding hydrogens is 264 g/mol. The SMILES string of the molecule is C=CCC(C)C(=O)OC1CCCCC1OCCCC=CC. The second-order valence-corrected chi connectivity index (χ2v) is 5.81. The summed E-state index contributed by atoms with van der Waals surface area (Å²) in [5.74, 6) is -0.232. The van der Waals surface area contributed by atoms with Gasteiger partial charge in [0.15, 0.2) is 0 Å². The van der Waals surface area contributed by atoms with Crippen LogP contribution in [0.25, 0.3) is 0 Å². The molecule has 0 heterocycles. The molecule has 120 valence electrons. The summed E-state index contributed by atoms with van der Waals surface area (Å²) in [6.45, 7) is 8.33. The zero-order valence-corrected chi connectivity index (χ0v) is 13.6. The van der Waals surface area contributed by atoms with E-state index in [4.69, 9.17) is 9.47 Å². The summed E-state index contributed by atoms with van der Waals surface area (Å²) in [7, 11) is 0. The fourth-order valence-electron chi connectivity index (χ4n) is 2.60. The largest absolute Gasteiger partial charge is 0.459 e. The van der Waals surface area contributed by atoms with Crippen molar-refractivity contribution >= 4 is 5.97 Å². The van der Waals surface area contributed by atoms with Crippen LogP contribution in [0, 0.1) is 5.92 Å². The molecule has 0 bridgehead atoms. The van der Waals surface area contributed by atoms with Crippen molar-refractivity contribution in [1.29, 1.82) is 0 Å². The van der Waals surface area contributed by atoms with Crippen LogP contribution in [0.1, 0.15) is 58.8 Å². The Morgan fingerprint density at radius 3 is 2.71 bits per heavy atom. The van der Waals surface area contributed by atoms with Crippen LogP contribution in [0.15, 0.2) is 24.8 Å². The molecule has 0 aliphatic heterocycles. The molecule has 1 fully saturated rings. The minimum atomic E-state index is -0.121. The standard InChI is InChI=1S/C18H30O3/c1-4-6-7-10-14-20-16-12-8-9-13-17(16)21-18(19)15(3)11-5-2/h4-6,15-17H,2,7-14H2,1,3H3. The van der Waals surface area contributed by atoms with E-state index in [0.29, 0.717) is 6.42 Å². The van der Waals surface area contributed by atoms with Gasteiger partial charge in [-0.3, -0.25) is 4.79 Å². The van der Waals surface area contributed by atoms with Crippen molar-refractivity contribution in [3.05, 3.63) is 24.8 Å². The molecule has 0 aromatic rings. The number of hydrogen-bond acceptors (Lipinski definition) is 3. The lowest BCUT2D eigenvalue weighted by Crippen LogP contribution is -2.37. The Bertz CT molecular complexity index is 335. The molecule has 0 N–H and O–H groups in total. The van der Waals surface area contributed by atoms with E-state index in [9.17, 15) is 4.79 Å². The molecule has 1 aliphatic carbocycles. The van der Waals surface area contributed by atoms with Gasteiger partial charge in [-0.1, -0.05) is 31.6 Å². The number of esters is 1. The highest BCUT2D eigenvalue weighted by Gasteiger charge is 2.30. The first-order valence-corrected chi connectivity index (χ1v) is 8.23. The molecule has 1 rings (SSSR count). The fourth-order valence-corrected chi connectivity index (χ4v) is 2.60.